The zero-order valence-electron chi connectivity index (χ0n) is 14.2. The molecule has 1 N–H and O–H groups in total. The van der Waals surface area contributed by atoms with Crippen molar-refractivity contribution in [1.29, 1.82) is 0 Å². The average Bonchev–Trinajstić information content (AvgIpc) is 2.52. The number of fused-ring (bicyclic) bond motifs is 1. The van der Waals surface area contributed by atoms with Gasteiger partial charge < -0.3 is 9.84 Å². The van der Waals surface area contributed by atoms with Gasteiger partial charge in [-0.2, -0.15) is 0 Å². The molecule has 0 fully saturated rings. The molecule has 24 heavy (non-hydrogen) atoms. The van der Waals surface area contributed by atoms with Gasteiger partial charge in [0.25, 0.3) is 0 Å². The summed E-state index contributed by atoms with van der Waals surface area (Å²) in [6, 6.07) is 11.6. The van der Waals surface area contributed by atoms with Crippen LogP contribution in [0.4, 0.5) is 5.69 Å². The van der Waals surface area contributed by atoms with Crippen LogP contribution in [0, 0.1) is 5.41 Å². The number of allylic oxidation sites excluding steroid dienone is 2. The SMILES string of the molecule is COc1ccc2cc(N=CC3=C(O)CC(C)(C)CC3=O)ccc2c1. The van der Waals surface area contributed by atoms with E-state index >= 15 is 0 Å². The van der Waals surface area contributed by atoms with Crippen LogP contribution in [0.1, 0.15) is 26.7 Å². The Morgan fingerprint density at radius 3 is 2.54 bits per heavy atom. The molecule has 0 bridgehead atoms. The van der Waals surface area contributed by atoms with Crippen molar-refractivity contribution in [1.82, 2.24) is 0 Å². The molecule has 0 aliphatic heterocycles. The number of hydrogen-bond donors (Lipinski definition) is 1. The summed E-state index contributed by atoms with van der Waals surface area (Å²) in [7, 11) is 1.64. The maximum absolute atomic E-state index is 12.2. The molecular formula is C20H21NO3. The third kappa shape index (κ3) is 3.32. The molecule has 0 radical (unpaired) electrons. The Balaban J connectivity index is 1.89. The third-order valence-corrected chi connectivity index (χ3v) is 4.27. The number of carbonyl (C=O) groups is 1. The Kier molecular flexibility index (Phi) is 4.14. The second kappa shape index (κ2) is 6.11. The van der Waals surface area contributed by atoms with E-state index in [0.29, 0.717) is 18.4 Å². The zero-order chi connectivity index (χ0) is 17.3. The quantitative estimate of drug-likeness (QED) is 0.829. The molecule has 0 unspecified atom stereocenters. The fraction of sp³-hybridized carbons (Fsp3) is 0.300. The van der Waals surface area contributed by atoms with Crippen LogP contribution < -0.4 is 4.74 Å². The van der Waals surface area contributed by atoms with Gasteiger partial charge in [-0.15, -0.1) is 0 Å². The van der Waals surface area contributed by atoms with Crippen LogP contribution in [0.3, 0.4) is 0 Å². The van der Waals surface area contributed by atoms with E-state index in [1.807, 2.05) is 50.2 Å². The average molecular weight is 323 g/mol. The lowest BCUT2D eigenvalue weighted by Crippen LogP contribution is -2.26. The van der Waals surface area contributed by atoms with Crippen molar-refractivity contribution in [3.8, 4) is 5.75 Å². The van der Waals surface area contributed by atoms with Crippen molar-refractivity contribution in [3.05, 3.63) is 47.7 Å². The van der Waals surface area contributed by atoms with E-state index in [2.05, 4.69) is 4.99 Å². The van der Waals surface area contributed by atoms with Gasteiger partial charge >= 0.3 is 0 Å². The highest BCUT2D eigenvalue weighted by Gasteiger charge is 2.32. The van der Waals surface area contributed by atoms with Gasteiger partial charge in [-0.3, -0.25) is 9.79 Å². The molecule has 0 amide bonds. The van der Waals surface area contributed by atoms with Crippen molar-refractivity contribution < 1.29 is 14.6 Å². The van der Waals surface area contributed by atoms with Gasteiger partial charge in [-0.1, -0.05) is 26.0 Å². The Hall–Kier alpha value is -2.62. The highest BCUT2D eigenvalue weighted by atomic mass is 16.5. The molecule has 0 saturated heterocycles. The lowest BCUT2D eigenvalue weighted by atomic mass is 9.77. The maximum Gasteiger partial charge on any atom is 0.168 e. The van der Waals surface area contributed by atoms with E-state index in [-0.39, 0.29) is 17.0 Å². The normalized spacial score (nSPS) is 17.7. The number of aliphatic hydroxyl groups excluding tert-OH is 1. The van der Waals surface area contributed by atoms with Crippen LogP contribution in [0.2, 0.25) is 0 Å². The van der Waals surface area contributed by atoms with Crippen molar-refractivity contribution in [2.75, 3.05) is 7.11 Å². The highest BCUT2D eigenvalue weighted by Crippen LogP contribution is 2.35. The second-order valence-electron chi connectivity index (χ2n) is 6.96. The van der Waals surface area contributed by atoms with Crippen LogP contribution in [0.5, 0.6) is 5.75 Å². The van der Waals surface area contributed by atoms with E-state index in [1.54, 1.807) is 7.11 Å². The third-order valence-electron chi connectivity index (χ3n) is 4.27. The highest BCUT2D eigenvalue weighted by molar-refractivity contribution is 6.15. The lowest BCUT2D eigenvalue weighted by molar-refractivity contribution is -0.117. The maximum atomic E-state index is 12.2. The Labute approximate surface area is 141 Å². The first kappa shape index (κ1) is 16.2. The standard InChI is InChI=1S/C20H21NO3/c1-20(2)10-18(22)17(19(23)11-20)12-21-15-6-4-14-9-16(24-3)7-5-13(14)8-15/h4-9,12,22H,10-11H2,1-3H3. The second-order valence-corrected chi connectivity index (χ2v) is 6.96. The van der Waals surface area contributed by atoms with Gasteiger partial charge in [0.2, 0.25) is 0 Å². The number of ketones is 1. The predicted molar refractivity (Wildman–Crippen MR) is 96.3 cm³/mol. The number of rotatable bonds is 3. The fourth-order valence-electron chi connectivity index (χ4n) is 3.01. The molecule has 0 saturated carbocycles. The Morgan fingerprint density at radius 1 is 1.12 bits per heavy atom. The van der Waals surface area contributed by atoms with Gasteiger partial charge in [0.15, 0.2) is 5.78 Å². The topological polar surface area (TPSA) is 58.9 Å². The first-order valence-electron chi connectivity index (χ1n) is 7.95. The Bertz CT molecular complexity index is 862. The summed E-state index contributed by atoms with van der Waals surface area (Å²) in [5.41, 5.74) is 0.871. The predicted octanol–water partition coefficient (Wildman–Crippen LogP) is 4.75. The van der Waals surface area contributed by atoms with Crippen LogP contribution in [0.15, 0.2) is 52.7 Å². The summed E-state index contributed by atoms with van der Waals surface area (Å²) < 4.78 is 5.22. The van der Waals surface area contributed by atoms with E-state index in [0.717, 1.165) is 22.2 Å². The summed E-state index contributed by atoms with van der Waals surface area (Å²) in [5.74, 6) is 0.882. The molecule has 0 aromatic heterocycles. The molecule has 0 atom stereocenters. The monoisotopic (exact) mass is 323 g/mol. The molecule has 3 rings (SSSR count). The number of Topliss-reactive ketones (excluding diaryl/α,β-unsaturated/α-hetero) is 1. The summed E-state index contributed by atoms with van der Waals surface area (Å²) in [5, 5.41) is 12.2. The molecule has 1 aliphatic rings. The summed E-state index contributed by atoms with van der Waals surface area (Å²) >= 11 is 0. The number of nitrogens with zero attached hydrogens (tertiary/aromatic N) is 1. The lowest BCUT2D eigenvalue weighted by Gasteiger charge is -2.28. The smallest absolute Gasteiger partial charge is 0.168 e. The van der Waals surface area contributed by atoms with E-state index < -0.39 is 0 Å². The minimum absolute atomic E-state index is 0.0574. The number of carbonyl (C=O) groups excluding carboxylic acids is 1. The Morgan fingerprint density at radius 2 is 1.83 bits per heavy atom. The van der Waals surface area contributed by atoms with Crippen LogP contribution in [-0.2, 0) is 4.79 Å². The van der Waals surface area contributed by atoms with Gasteiger partial charge in [0, 0.05) is 19.1 Å². The molecule has 124 valence electrons. The zero-order valence-corrected chi connectivity index (χ0v) is 14.2. The first-order valence-corrected chi connectivity index (χ1v) is 7.95. The molecule has 2 aromatic carbocycles. The number of hydrogen-bond acceptors (Lipinski definition) is 4. The van der Waals surface area contributed by atoms with E-state index in [1.165, 1.54) is 6.21 Å². The van der Waals surface area contributed by atoms with Gasteiger partial charge in [-0.05, 0) is 40.5 Å². The van der Waals surface area contributed by atoms with Gasteiger partial charge in [0.05, 0.1) is 18.4 Å². The molecule has 0 heterocycles. The molecule has 4 heteroatoms. The van der Waals surface area contributed by atoms with E-state index in [4.69, 9.17) is 4.74 Å². The minimum atomic E-state index is -0.194. The summed E-state index contributed by atoms with van der Waals surface area (Å²) in [6.45, 7) is 3.96. The number of aliphatic imine (C=N–C) groups is 1. The molecule has 2 aromatic rings. The van der Waals surface area contributed by atoms with Crippen LogP contribution in [-0.4, -0.2) is 24.2 Å². The van der Waals surface area contributed by atoms with Gasteiger partial charge in [-0.25, -0.2) is 0 Å². The number of methoxy groups -OCH3 is 1. The number of benzene rings is 2. The molecule has 1 aliphatic carbocycles. The molecule has 0 spiro atoms. The first-order chi connectivity index (χ1) is 11.4. The fourth-order valence-corrected chi connectivity index (χ4v) is 3.01. The van der Waals surface area contributed by atoms with Crippen LogP contribution in [0.25, 0.3) is 10.8 Å². The minimum Gasteiger partial charge on any atom is -0.511 e. The summed E-state index contributed by atoms with van der Waals surface area (Å²) in [6.07, 6.45) is 2.41. The van der Waals surface area contributed by atoms with E-state index in [9.17, 15) is 9.90 Å². The van der Waals surface area contributed by atoms with Crippen molar-refractivity contribution in [3.63, 3.8) is 0 Å². The largest absolute Gasteiger partial charge is 0.511 e. The van der Waals surface area contributed by atoms with Crippen molar-refractivity contribution in [2.24, 2.45) is 10.4 Å². The molecular weight excluding hydrogens is 302 g/mol. The molecule has 4 nitrogen and oxygen atoms in total. The summed E-state index contributed by atoms with van der Waals surface area (Å²) in [4.78, 5) is 16.6. The number of aliphatic hydroxyl groups is 1. The van der Waals surface area contributed by atoms with Crippen LogP contribution >= 0.6 is 0 Å². The van der Waals surface area contributed by atoms with Crippen molar-refractivity contribution >= 4 is 28.5 Å². The van der Waals surface area contributed by atoms with Gasteiger partial charge in [0.1, 0.15) is 11.5 Å². The number of ether oxygens (including phenoxy) is 1. The van der Waals surface area contributed by atoms with Crippen molar-refractivity contribution in [2.45, 2.75) is 26.7 Å².